The molecule has 0 atom stereocenters. The molecule has 0 aliphatic heterocycles. The molecule has 0 saturated carbocycles. The maximum Gasteiger partial charge on any atom is 0.119 e. The normalized spacial score (nSPS) is 12.1. The highest BCUT2D eigenvalue weighted by molar-refractivity contribution is 9.08. The van der Waals surface area contributed by atoms with Gasteiger partial charge >= 0.3 is 0 Å². The Labute approximate surface area is 196 Å². The van der Waals surface area contributed by atoms with Crippen LogP contribution in [0.3, 0.4) is 0 Å². The molecule has 0 amide bonds. The van der Waals surface area contributed by atoms with Gasteiger partial charge in [0.2, 0.25) is 0 Å². The first-order valence-corrected chi connectivity index (χ1v) is 12.1. The van der Waals surface area contributed by atoms with Crippen molar-refractivity contribution in [3.05, 3.63) is 101 Å². The summed E-state index contributed by atoms with van der Waals surface area (Å²) < 4.78 is 6.06. The van der Waals surface area contributed by atoms with Gasteiger partial charge in [-0.2, -0.15) is 0 Å². The smallest absolute Gasteiger partial charge is 0.119 e. The van der Waals surface area contributed by atoms with E-state index in [-0.39, 0.29) is 5.41 Å². The zero-order valence-electron chi connectivity index (χ0n) is 19.1. The predicted octanol–water partition coefficient (Wildman–Crippen LogP) is 8.59. The van der Waals surface area contributed by atoms with Crippen LogP contribution in [-0.4, -0.2) is 6.61 Å². The molecule has 0 unspecified atom stereocenters. The van der Waals surface area contributed by atoms with Gasteiger partial charge in [-0.25, -0.2) is 0 Å². The van der Waals surface area contributed by atoms with E-state index in [0.717, 1.165) is 23.9 Å². The third kappa shape index (κ3) is 6.58. The van der Waals surface area contributed by atoms with Crippen LogP contribution in [0.25, 0.3) is 11.6 Å². The van der Waals surface area contributed by atoms with Crippen LogP contribution in [0, 0.1) is 6.92 Å². The minimum Gasteiger partial charge on any atom is -0.494 e. The summed E-state index contributed by atoms with van der Waals surface area (Å²) in [6.45, 7) is 9.60. The van der Waals surface area contributed by atoms with Crippen molar-refractivity contribution in [1.29, 1.82) is 0 Å². The van der Waals surface area contributed by atoms with Gasteiger partial charge in [0.25, 0.3) is 0 Å². The molecule has 0 bridgehead atoms. The van der Waals surface area contributed by atoms with Crippen LogP contribution in [0.4, 0.5) is 0 Å². The van der Waals surface area contributed by atoms with Gasteiger partial charge in [0.15, 0.2) is 0 Å². The summed E-state index contributed by atoms with van der Waals surface area (Å²) in [5, 5.41) is 0.854. The number of ether oxygens (including phenoxy) is 1. The van der Waals surface area contributed by atoms with E-state index in [1.807, 2.05) is 0 Å². The summed E-state index contributed by atoms with van der Waals surface area (Å²) in [6, 6.07) is 25.7. The molecule has 3 rings (SSSR count). The van der Waals surface area contributed by atoms with Crippen LogP contribution >= 0.6 is 15.9 Å². The van der Waals surface area contributed by atoms with E-state index in [1.165, 1.54) is 33.4 Å². The summed E-state index contributed by atoms with van der Waals surface area (Å²) in [7, 11) is 0. The third-order valence-electron chi connectivity index (χ3n) is 5.54. The van der Waals surface area contributed by atoms with Crippen LogP contribution in [0.15, 0.2) is 72.8 Å². The maximum atomic E-state index is 6.06. The number of benzene rings is 3. The van der Waals surface area contributed by atoms with Crippen LogP contribution in [0.1, 0.15) is 61.4 Å². The fourth-order valence-corrected chi connectivity index (χ4v) is 4.29. The average Bonchev–Trinajstić information content (AvgIpc) is 2.76. The van der Waals surface area contributed by atoms with Crippen molar-refractivity contribution in [2.75, 3.05) is 6.61 Å². The molecule has 31 heavy (non-hydrogen) atoms. The highest BCUT2D eigenvalue weighted by atomic mass is 79.9. The SMILES string of the molecule is Cc1cccc(CBr)c1/C(=C\c1ccccc1)CCCOc1ccc(C(C)(C)C)cc1. The fraction of sp³-hybridized carbons (Fsp3) is 0.310. The lowest BCUT2D eigenvalue weighted by atomic mass is 9.87. The molecule has 1 nitrogen and oxygen atoms in total. The fourth-order valence-electron chi connectivity index (χ4n) is 3.82. The lowest BCUT2D eigenvalue weighted by Gasteiger charge is -2.19. The van der Waals surface area contributed by atoms with Crippen molar-refractivity contribution < 1.29 is 4.74 Å². The number of hydrogen-bond acceptors (Lipinski definition) is 1. The number of hydrogen-bond donors (Lipinski definition) is 0. The molecular weight excluding hydrogens is 444 g/mol. The van der Waals surface area contributed by atoms with E-state index >= 15 is 0 Å². The van der Waals surface area contributed by atoms with Gasteiger partial charge in [0, 0.05) is 5.33 Å². The van der Waals surface area contributed by atoms with E-state index < -0.39 is 0 Å². The largest absolute Gasteiger partial charge is 0.494 e. The Morgan fingerprint density at radius 1 is 0.903 bits per heavy atom. The Kier molecular flexibility index (Phi) is 8.15. The van der Waals surface area contributed by atoms with E-state index in [2.05, 4.69) is 122 Å². The molecule has 0 spiro atoms. The summed E-state index contributed by atoms with van der Waals surface area (Å²) in [6.07, 6.45) is 4.27. The van der Waals surface area contributed by atoms with Crippen LogP contribution in [-0.2, 0) is 10.7 Å². The second kappa shape index (κ2) is 10.8. The van der Waals surface area contributed by atoms with Crippen molar-refractivity contribution in [2.45, 2.75) is 51.3 Å². The third-order valence-corrected chi connectivity index (χ3v) is 6.15. The molecule has 162 valence electrons. The molecule has 3 aromatic carbocycles. The summed E-state index contributed by atoms with van der Waals surface area (Å²) in [5.41, 5.74) is 8.10. The van der Waals surface area contributed by atoms with Crippen molar-refractivity contribution in [1.82, 2.24) is 0 Å². The van der Waals surface area contributed by atoms with Crippen molar-refractivity contribution >= 4 is 27.6 Å². The first-order valence-electron chi connectivity index (χ1n) is 11.0. The lowest BCUT2D eigenvalue weighted by Crippen LogP contribution is -2.10. The van der Waals surface area contributed by atoms with Crippen LogP contribution in [0.5, 0.6) is 5.75 Å². The summed E-state index contributed by atoms with van der Waals surface area (Å²) >= 11 is 3.68. The Morgan fingerprint density at radius 2 is 1.61 bits per heavy atom. The average molecular weight is 477 g/mol. The van der Waals surface area contributed by atoms with Gasteiger partial charge in [-0.1, -0.05) is 103 Å². The predicted molar refractivity (Wildman–Crippen MR) is 138 cm³/mol. The van der Waals surface area contributed by atoms with Crippen molar-refractivity contribution in [2.24, 2.45) is 0 Å². The topological polar surface area (TPSA) is 9.23 Å². The van der Waals surface area contributed by atoms with Crippen molar-refractivity contribution in [3.8, 4) is 5.75 Å². The Bertz CT molecular complexity index is 995. The van der Waals surface area contributed by atoms with Crippen molar-refractivity contribution in [3.63, 3.8) is 0 Å². The molecule has 0 heterocycles. The lowest BCUT2D eigenvalue weighted by molar-refractivity contribution is 0.312. The number of alkyl halides is 1. The van der Waals surface area contributed by atoms with Gasteiger partial charge < -0.3 is 4.74 Å². The van der Waals surface area contributed by atoms with E-state index in [0.29, 0.717) is 6.61 Å². The standard InChI is InChI=1S/C29H33BrO/c1-22-10-8-13-25(21-30)28(22)24(20-23-11-6-5-7-12-23)14-9-19-31-27-17-15-26(16-18-27)29(2,3)4/h5-8,10-13,15-18,20H,9,14,19,21H2,1-4H3/b24-20-. The minimum absolute atomic E-state index is 0.163. The van der Waals surface area contributed by atoms with Gasteiger partial charge in [-0.15, -0.1) is 0 Å². The molecule has 0 aliphatic carbocycles. The monoisotopic (exact) mass is 476 g/mol. The zero-order valence-corrected chi connectivity index (χ0v) is 20.7. The molecule has 3 aromatic rings. The zero-order chi connectivity index (χ0) is 22.3. The van der Waals surface area contributed by atoms with Gasteiger partial charge in [-0.05, 0) is 70.7 Å². The second-order valence-electron chi connectivity index (χ2n) is 9.05. The first kappa shape index (κ1) is 23.3. The Balaban J connectivity index is 1.72. The molecule has 0 aromatic heterocycles. The molecule has 0 radical (unpaired) electrons. The summed E-state index contributed by atoms with van der Waals surface area (Å²) in [4.78, 5) is 0. The molecule has 2 heteroatoms. The number of aryl methyl sites for hydroxylation is 1. The molecular formula is C29H33BrO. The molecule has 0 fully saturated rings. The van der Waals surface area contributed by atoms with Gasteiger partial charge in [-0.3, -0.25) is 0 Å². The minimum atomic E-state index is 0.163. The molecule has 0 saturated heterocycles. The summed E-state index contributed by atoms with van der Waals surface area (Å²) in [5.74, 6) is 0.943. The highest BCUT2D eigenvalue weighted by Gasteiger charge is 2.13. The molecule has 0 N–H and O–H groups in total. The second-order valence-corrected chi connectivity index (χ2v) is 9.61. The van der Waals surface area contributed by atoms with E-state index in [4.69, 9.17) is 4.74 Å². The van der Waals surface area contributed by atoms with Gasteiger partial charge in [0.05, 0.1) is 6.61 Å². The van der Waals surface area contributed by atoms with Crippen LogP contribution < -0.4 is 4.74 Å². The maximum absolute atomic E-state index is 6.06. The Morgan fingerprint density at radius 3 is 2.26 bits per heavy atom. The first-order chi connectivity index (χ1) is 14.9. The van der Waals surface area contributed by atoms with Crippen LogP contribution in [0.2, 0.25) is 0 Å². The molecule has 0 aliphatic rings. The van der Waals surface area contributed by atoms with E-state index in [1.54, 1.807) is 0 Å². The van der Waals surface area contributed by atoms with Gasteiger partial charge in [0.1, 0.15) is 5.75 Å². The Hall–Kier alpha value is -2.32. The van der Waals surface area contributed by atoms with E-state index in [9.17, 15) is 0 Å². The number of halogens is 1. The quantitative estimate of drug-likeness (QED) is 0.179. The number of rotatable bonds is 8. The number of allylic oxidation sites excluding steroid dienone is 1. The highest BCUT2D eigenvalue weighted by Crippen LogP contribution is 2.31.